The minimum atomic E-state index is -5.11. The van der Waals surface area contributed by atoms with Crippen LogP contribution in [0.5, 0.6) is 11.5 Å². The monoisotopic (exact) mass is 872 g/mol. The molecule has 0 saturated carbocycles. The number of anilines is 2. The maximum Gasteiger partial charge on any atom is 0.295 e. The molecule has 2 aromatic heterocycles. The number of fused-ring (bicyclic) bond motifs is 2. The van der Waals surface area contributed by atoms with Crippen LogP contribution in [-0.4, -0.2) is 83.9 Å². The standard InChI is InChI=1S/C34H24N4O16S4/c39-31-23(15-27(57(49,50)51)21-3-1-11-35-29(21)31)33(41)37-19-9-7-17(25(13-19)55(43,44)45)5-6-18-8-10-20(14-26(18)56(46,47)48)38-34(42)24-16-28(58(52,53)54)22-4-2-12-36-30(22)32(24)40/h1-16,39-40H,(H,37,41)(H,38,42)(H,43,44,45)(H,46,47,48)(H,49,50,51)(H,52,53,54)/b6-5+. The van der Waals surface area contributed by atoms with Gasteiger partial charge in [-0.3, -0.25) is 37.8 Å². The molecule has 6 rings (SSSR count). The average Bonchev–Trinajstić information content (AvgIpc) is 3.13. The van der Waals surface area contributed by atoms with Gasteiger partial charge >= 0.3 is 0 Å². The lowest BCUT2D eigenvalue weighted by molar-refractivity contribution is 0.101. The van der Waals surface area contributed by atoms with Crippen molar-refractivity contribution in [2.24, 2.45) is 0 Å². The van der Waals surface area contributed by atoms with Crippen molar-refractivity contribution in [1.82, 2.24) is 9.97 Å². The third-order valence-corrected chi connectivity index (χ3v) is 11.8. The lowest BCUT2D eigenvalue weighted by atomic mass is 10.1. The topological polar surface area (TPSA) is 342 Å². The van der Waals surface area contributed by atoms with E-state index in [4.69, 9.17) is 0 Å². The summed E-state index contributed by atoms with van der Waals surface area (Å²) < 4.78 is 137. The predicted octanol–water partition coefficient (Wildman–Crippen LogP) is 3.86. The van der Waals surface area contributed by atoms with Gasteiger partial charge in [-0.2, -0.15) is 33.7 Å². The van der Waals surface area contributed by atoms with Gasteiger partial charge in [0.05, 0.1) is 11.1 Å². The zero-order valence-corrected chi connectivity index (χ0v) is 31.8. The van der Waals surface area contributed by atoms with Gasteiger partial charge in [0.1, 0.15) is 30.6 Å². The molecule has 24 heteroatoms. The number of hydrogen-bond acceptors (Lipinski definition) is 14. The second-order valence-corrected chi connectivity index (χ2v) is 17.5. The highest BCUT2D eigenvalue weighted by Gasteiger charge is 2.26. The van der Waals surface area contributed by atoms with E-state index in [1.165, 1.54) is 36.7 Å². The Bertz CT molecular complexity index is 3030. The molecule has 0 radical (unpaired) electrons. The lowest BCUT2D eigenvalue weighted by Crippen LogP contribution is -2.14. The molecule has 4 aromatic carbocycles. The summed E-state index contributed by atoms with van der Waals surface area (Å²) in [5.41, 5.74) is -3.36. The summed E-state index contributed by atoms with van der Waals surface area (Å²) in [5.74, 6) is -3.97. The summed E-state index contributed by atoms with van der Waals surface area (Å²) in [7, 11) is -20.1. The van der Waals surface area contributed by atoms with E-state index >= 15 is 0 Å². The van der Waals surface area contributed by atoms with Gasteiger partial charge in [-0.05, 0) is 71.8 Å². The van der Waals surface area contributed by atoms with Crippen LogP contribution in [-0.2, 0) is 40.5 Å². The molecule has 58 heavy (non-hydrogen) atoms. The smallest absolute Gasteiger partial charge is 0.295 e. The third-order valence-electron chi connectivity index (χ3n) is 8.24. The Hall–Kier alpha value is -6.38. The molecule has 0 atom stereocenters. The largest absolute Gasteiger partial charge is 0.505 e. The number of pyridine rings is 2. The second-order valence-electron chi connectivity index (χ2n) is 12.0. The Morgan fingerprint density at radius 1 is 0.500 bits per heavy atom. The SMILES string of the molecule is O=C(Nc1ccc(/C=C/c2ccc(NC(=O)c3cc(S(=O)(=O)O)c4cccnc4c3O)cc2S(=O)(=O)O)c(S(=O)(=O)O)c1)c1cc(S(=O)(=O)O)c2cccnc2c1O. The first kappa shape index (κ1) is 41.3. The first-order chi connectivity index (χ1) is 26.9. The molecule has 0 aliphatic rings. The van der Waals surface area contributed by atoms with Gasteiger partial charge in [0.25, 0.3) is 52.3 Å². The number of carbonyl (C=O) groups is 2. The number of phenols is 2. The Morgan fingerprint density at radius 2 is 0.845 bits per heavy atom. The number of amides is 2. The Kier molecular flexibility index (Phi) is 10.6. The molecule has 0 unspecified atom stereocenters. The average molecular weight is 873 g/mol. The third kappa shape index (κ3) is 8.34. The first-order valence-electron chi connectivity index (χ1n) is 15.7. The highest BCUT2D eigenvalue weighted by molar-refractivity contribution is 7.86. The maximum atomic E-state index is 13.2. The number of hydrogen-bond donors (Lipinski definition) is 8. The number of benzene rings is 4. The van der Waals surface area contributed by atoms with E-state index in [9.17, 15) is 71.7 Å². The molecule has 0 spiro atoms. The van der Waals surface area contributed by atoms with E-state index in [-0.39, 0.29) is 44.3 Å². The van der Waals surface area contributed by atoms with Crippen molar-refractivity contribution in [1.29, 1.82) is 0 Å². The maximum absolute atomic E-state index is 13.2. The van der Waals surface area contributed by atoms with Crippen LogP contribution < -0.4 is 10.6 Å². The molecule has 20 nitrogen and oxygen atoms in total. The highest BCUT2D eigenvalue weighted by atomic mass is 32.2. The van der Waals surface area contributed by atoms with Crippen LogP contribution in [0.3, 0.4) is 0 Å². The fourth-order valence-electron chi connectivity index (χ4n) is 5.69. The van der Waals surface area contributed by atoms with Crippen LogP contribution in [0.2, 0.25) is 0 Å². The summed E-state index contributed by atoms with van der Waals surface area (Å²) in [4.78, 5) is 30.8. The number of aromatic hydroxyl groups is 2. The normalized spacial score (nSPS) is 12.6. The summed E-state index contributed by atoms with van der Waals surface area (Å²) in [5, 5.41) is 25.4. The lowest BCUT2D eigenvalue weighted by Gasteiger charge is -2.13. The molecular formula is C34H24N4O16S4. The van der Waals surface area contributed by atoms with Crippen LogP contribution >= 0.6 is 0 Å². The molecule has 8 N–H and O–H groups in total. The summed E-state index contributed by atoms with van der Waals surface area (Å²) in [6.07, 6.45) is 4.34. The second kappa shape index (κ2) is 14.8. The summed E-state index contributed by atoms with van der Waals surface area (Å²) >= 11 is 0. The predicted molar refractivity (Wildman–Crippen MR) is 204 cm³/mol. The van der Waals surface area contributed by atoms with E-state index in [0.717, 1.165) is 48.6 Å². The van der Waals surface area contributed by atoms with Crippen molar-refractivity contribution < 1.29 is 71.7 Å². The van der Waals surface area contributed by atoms with Crippen molar-refractivity contribution >= 4 is 97.6 Å². The summed E-state index contributed by atoms with van der Waals surface area (Å²) in [6, 6.07) is 12.2. The van der Waals surface area contributed by atoms with Crippen LogP contribution in [0, 0.1) is 0 Å². The van der Waals surface area contributed by atoms with Gasteiger partial charge < -0.3 is 20.8 Å². The fraction of sp³-hybridized carbons (Fsp3) is 0. The molecular weight excluding hydrogens is 849 g/mol. The highest BCUT2D eigenvalue weighted by Crippen LogP contribution is 2.35. The van der Waals surface area contributed by atoms with Crippen LogP contribution in [0.4, 0.5) is 11.4 Å². The Balaban J connectivity index is 1.32. The summed E-state index contributed by atoms with van der Waals surface area (Å²) in [6.45, 7) is 0. The molecule has 0 aliphatic heterocycles. The van der Waals surface area contributed by atoms with Crippen molar-refractivity contribution in [3.63, 3.8) is 0 Å². The number of aromatic nitrogens is 2. The van der Waals surface area contributed by atoms with Crippen LogP contribution in [0.1, 0.15) is 31.8 Å². The van der Waals surface area contributed by atoms with Crippen molar-refractivity contribution in [2.45, 2.75) is 19.6 Å². The molecule has 6 aromatic rings. The fourth-order valence-corrected chi connectivity index (χ4v) is 8.53. The van der Waals surface area contributed by atoms with E-state index in [0.29, 0.717) is 12.1 Å². The van der Waals surface area contributed by atoms with Crippen molar-refractivity contribution in [3.05, 3.63) is 107 Å². The molecule has 0 bridgehead atoms. The van der Waals surface area contributed by atoms with Gasteiger partial charge in [-0.25, -0.2) is 0 Å². The Morgan fingerprint density at radius 3 is 1.17 bits per heavy atom. The van der Waals surface area contributed by atoms with Crippen LogP contribution in [0.15, 0.2) is 105 Å². The number of nitrogens with zero attached hydrogens (tertiary/aromatic N) is 2. The molecule has 0 aliphatic carbocycles. The molecule has 0 fully saturated rings. The van der Waals surface area contributed by atoms with Gasteiger partial charge in [0.2, 0.25) is 0 Å². The van der Waals surface area contributed by atoms with Gasteiger partial charge in [-0.15, -0.1) is 0 Å². The number of rotatable bonds is 10. The number of phenolic OH excluding ortho intramolecular Hbond substituents is 2. The number of carbonyl (C=O) groups excluding carboxylic acids is 2. The van der Waals surface area contributed by atoms with Crippen molar-refractivity contribution in [3.8, 4) is 11.5 Å². The number of nitrogens with one attached hydrogen (secondary N) is 2. The van der Waals surface area contributed by atoms with E-state index in [1.54, 1.807) is 0 Å². The zero-order chi connectivity index (χ0) is 42.5. The first-order valence-corrected chi connectivity index (χ1v) is 21.4. The van der Waals surface area contributed by atoms with Crippen molar-refractivity contribution in [2.75, 3.05) is 10.6 Å². The Labute approximate surface area is 327 Å². The van der Waals surface area contributed by atoms with Gasteiger partial charge in [0.15, 0.2) is 11.5 Å². The van der Waals surface area contributed by atoms with E-state index in [1.807, 2.05) is 0 Å². The molecule has 2 amide bonds. The van der Waals surface area contributed by atoms with Gasteiger partial charge in [-0.1, -0.05) is 24.3 Å². The molecule has 2 heterocycles. The van der Waals surface area contributed by atoms with Gasteiger partial charge in [0, 0.05) is 34.5 Å². The van der Waals surface area contributed by atoms with Crippen LogP contribution in [0.25, 0.3) is 34.0 Å². The van der Waals surface area contributed by atoms with E-state index < -0.39 is 94.5 Å². The quantitative estimate of drug-likeness (QED) is 0.0715. The minimum absolute atomic E-state index is 0.212. The minimum Gasteiger partial charge on any atom is -0.505 e. The zero-order valence-electron chi connectivity index (χ0n) is 28.5. The van der Waals surface area contributed by atoms with E-state index in [2.05, 4.69) is 20.6 Å². The molecule has 0 saturated heterocycles. The molecule has 300 valence electrons.